The van der Waals surface area contributed by atoms with Gasteiger partial charge in [0.1, 0.15) is 18.2 Å². The molecule has 2 aromatic rings. The van der Waals surface area contributed by atoms with E-state index in [0.29, 0.717) is 17.5 Å². The summed E-state index contributed by atoms with van der Waals surface area (Å²) < 4.78 is 26.9. The highest BCUT2D eigenvalue weighted by atomic mass is 35.5. The molecule has 1 saturated heterocycles. The monoisotopic (exact) mass is 492 g/mol. The van der Waals surface area contributed by atoms with Crippen molar-refractivity contribution in [2.45, 2.75) is 31.7 Å². The fraction of sp³-hybridized carbons (Fsp3) is 0.304. The molecule has 8 nitrogen and oxygen atoms in total. The van der Waals surface area contributed by atoms with Crippen LogP contribution in [-0.4, -0.2) is 45.8 Å². The largest absolute Gasteiger partial charge is 0.368 e. The Kier molecular flexibility index (Phi) is 7.01. The van der Waals surface area contributed by atoms with Crippen LogP contribution in [0.5, 0.6) is 0 Å². The van der Waals surface area contributed by atoms with E-state index in [0.717, 1.165) is 5.56 Å². The molecule has 0 spiro atoms. The maximum absolute atomic E-state index is 13.6. The Morgan fingerprint density at radius 1 is 1.21 bits per heavy atom. The summed E-state index contributed by atoms with van der Waals surface area (Å²) in [6, 6.07) is 7.45. The van der Waals surface area contributed by atoms with Crippen molar-refractivity contribution in [2.24, 2.45) is 0 Å². The van der Waals surface area contributed by atoms with Gasteiger partial charge >= 0.3 is 12.1 Å². The van der Waals surface area contributed by atoms with Crippen molar-refractivity contribution in [3.63, 3.8) is 0 Å². The van der Waals surface area contributed by atoms with Gasteiger partial charge in [0.05, 0.1) is 11.6 Å². The molecule has 1 fully saturated rings. The summed E-state index contributed by atoms with van der Waals surface area (Å²) in [5.74, 6) is -0.948. The number of aliphatic hydroxyl groups is 1. The van der Waals surface area contributed by atoms with Crippen molar-refractivity contribution in [2.75, 3.05) is 13.2 Å². The molecule has 2 aliphatic rings. The lowest BCUT2D eigenvalue weighted by Crippen LogP contribution is -2.55. The molecular weight excluding hydrogens is 470 g/mol. The first-order valence-corrected chi connectivity index (χ1v) is 11.0. The number of carbonyl (C=O) groups excluding carboxylic acids is 2. The minimum absolute atomic E-state index is 0.0216. The van der Waals surface area contributed by atoms with Crippen LogP contribution in [0.25, 0.3) is 6.08 Å². The van der Waals surface area contributed by atoms with Crippen LogP contribution in [0.15, 0.2) is 42.6 Å². The number of amides is 4. The van der Waals surface area contributed by atoms with Crippen molar-refractivity contribution < 1.29 is 28.3 Å². The lowest BCUT2D eigenvalue weighted by atomic mass is 10.0. The summed E-state index contributed by atoms with van der Waals surface area (Å²) >= 11 is 5.91. The highest BCUT2D eigenvalue weighted by Crippen LogP contribution is 2.27. The lowest BCUT2D eigenvalue weighted by Gasteiger charge is -2.33. The number of hydrogen-bond donors (Lipinski definition) is 3. The van der Waals surface area contributed by atoms with Gasteiger partial charge in [0.25, 0.3) is 0 Å². The van der Waals surface area contributed by atoms with Gasteiger partial charge in [-0.1, -0.05) is 29.8 Å². The smallest absolute Gasteiger partial charge is 0.345 e. The molecule has 0 aliphatic carbocycles. The second-order valence-corrected chi connectivity index (χ2v) is 8.47. The fourth-order valence-corrected chi connectivity index (χ4v) is 4.13. The van der Waals surface area contributed by atoms with Gasteiger partial charge in [0, 0.05) is 19.3 Å². The van der Waals surface area contributed by atoms with Gasteiger partial charge in [-0.2, -0.15) is 0 Å². The molecule has 3 N–H and O–H groups in total. The number of rotatable bonds is 5. The highest BCUT2D eigenvalue weighted by Gasteiger charge is 2.42. The second kappa shape index (κ2) is 9.96. The van der Waals surface area contributed by atoms with Crippen LogP contribution in [0, 0.1) is 11.6 Å². The molecule has 0 unspecified atom stereocenters. The second-order valence-electron chi connectivity index (χ2n) is 8.09. The first-order valence-electron chi connectivity index (χ1n) is 10.6. The number of fused-ring (bicyclic) bond motifs is 1. The van der Waals surface area contributed by atoms with E-state index in [9.17, 15) is 23.5 Å². The summed E-state index contributed by atoms with van der Waals surface area (Å²) in [4.78, 5) is 32.9. The SMILES string of the molecule is O=C(NOC[C@@]1(O)CCCN1C(=O)NCc1cccc(F)c1Cl)N1C=Cc2cc(F)ccc2C1. The topological polar surface area (TPSA) is 94.1 Å². The van der Waals surface area contributed by atoms with E-state index in [2.05, 4.69) is 10.8 Å². The zero-order chi connectivity index (χ0) is 24.3. The molecule has 0 saturated carbocycles. The predicted octanol–water partition coefficient (Wildman–Crippen LogP) is 3.74. The van der Waals surface area contributed by atoms with Gasteiger partial charge in [0.15, 0.2) is 5.72 Å². The maximum Gasteiger partial charge on any atom is 0.345 e. The highest BCUT2D eigenvalue weighted by molar-refractivity contribution is 6.31. The summed E-state index contributed by atoms with van der Waals surface area (Å²) in [6.45, 7) is 0.125. The lowest BCUT2D eigenvalue weighted by molar-refractivity contribution is -0.127. The molecule has 180 valence electrons. The zero-order valence-electron chi connectivity index (χ0n) is 18.1. The van der Waals surface area contributed by atoms with Gasteiger partial charge in [0.2, 0.25) is 0 Å². The number of hydroxylamine groups is 1. The predicted molar refractivity (Wildman–Crippen MR) is 120 cm³/mol. The van der Waals surface area contributed by atoms with Crippen LogP contribution >= 0.6 is 11.6 Å². The Balaban J connectivity index is 1.29. The van der Waals surface area contributed by atoms with Crippen LogP contribution in [0.2, 0.25) is 5.02 Å². The number of hydrogen-bond acceptors (Lipinski definition) is 4. The molecule has 4 amide bonds. The standard InChI is InChI=1S/C23H23ClF2N4O4/c24-20-16(3-1-4-19(20)26)12-27-21(31)30-9-2-8-23(30,33)14-34-28-22(32)29-10-7-15-11-18(25)6-5-17(15)13-29/h1,3-7,10-11,33H,2,8-9,12-14H2,(H,27,31)(H,28,32)/t23-/m0/s1. The molecule has 0 radical (unpaired) electrons. The summed E-state index contributed by atoms with van der Waals surface area (Å²) in [5.41, 5.74) is 2.49. The van der Waals surface area contributed by atoms with Crippen LogP contribution in [-0.2, 0) is 17.9 Å². The van der Waals surface area contributed by atoms with E-state index >= 15 is 0 Å². The Morgan fingerprint density at radius 3 is 2.85 bits per heavy atom. The Labute approximate surface area is 199 Å². The molecule has 34 heavy (non-hydrogen) atoms. The molecule has 1 atom stereocenters. The normalized spacial score (nSPS) is 19.2. The van der Waals surface area contributed by atoms with Crippen molar-refractivity contribution in [3.05, 3.63) is 75.9 Å². The number of halogens is 3. The molecule has 2 heterocycles. The van der Waals surface area contributed by atoms with Crippen molar-refractivity contribution in [3.8, 4) is 0 Å². The number of likely N-dealkylation sites (tertiary alicyclic amines) is 1. The summed E-state index contributed by atoms with van der Waals surface area (Å²) in [6.07, 6.45) is 3.90. The van der Waals surface area contributed by atoms with Crippen molar-refractivity contribution in [1.82, 2.24) is 20.6 Å². The van der Waals surface area contributed by atoms with Crippen LogP contribution < -0.4 is 10.8 Å². The average Bonchev–Trinajstić information content (AvgIpc) is 3.20. The summed E-state index contributed by atoms with van der Waals surface area (Å²) in [7, 11) is 0. The van der Waals surface area contributed by atoms with Crippen molar-refractivity contribution >= 4 is 29.7 Å². The van der Waals surface area contributed by atoms with Crippen LogP contribution in [0.3, 0.4) is 0 Å². The van der Waals surface area contributed by atoms with E-state index in [1.807, 2.05) is 0 Å². The molecule has 0 bridgehead atoms. The Morgan fingerprint density at radius 2 is 2.03 bits per heavy atom. The third-order valence-electron chi connectivity index (χ3n) is 5.77. The molecule has 4 rings (SSSR count). The van der Waals surface area contributed by atoms with Crippen LogP contribution in [0.4, 0.5) is 18.4 Å². The van der Waals surface area contributed by atoms with Crippen LogP contribution in [0.1, 0.15) is 29.5 Å². The average molecular weight is 493 g/mol. The number of benzene rings is 2. The van der Waals surface area contributed by atoms with E-state index in [-0.39, 0.29) is 43.5 Å². The first kappa shape index (κ1) is 23.9. The number of carbonyl (C=O) groups is 2. The van der Waals surface area contributed by atoms with Gasteiger partial charge in [-0.3, -0.25) is 14.6 Å². The Hall–Kier alpha value is -3.21. The minimum Gasteiger partial charge on any atom is -0.368 e. The van der Waals surface area contributed by atoms with Crippen molar-refractivity contribution in [1.29, 1.82) is 0 Å². The molecule has 2 aliphatic heterocycles. The molecular formula is C23H23ClF2N4O4. The van der Waals surface area contributed by atoms with Gasteiger partial charge in [-0.05, 0) is 53.8 Å². The van der Waals surface area contributed by atoms with E-state index in [1.165, 1.54) is 40.3 Å². The number of nitrogens with zero attached hydrogens (tertiary/aromatic N) is 2. The van der Waals surface area contributed by atoms with Gasteiger partial charge < -0.3 is 10.4 Å². The fourth-order valence-electron chi connectivity index (χ4n) is 3.94. The first-order chi connectivity index (χ1) is 16.3. The molecule has 0 aromatic heterocycles. The summed E-state index contributed by atoms with van der Waals surface area (Å²) in [5, 5.41) is 13.5. The van der Waals surface area contributed by atoms with E-state index < -0.39 is 23.6 Å². The number of nitrogens with one attached hydrogen (secondary N) is 2. The van der Waals surface area contributed by atoms with E-state index in [1.54, 1.807) is 18.2 Å². The minimum atomic E-state index is -1.63. The van der Waals surface area contributed by atoms with E-state index in [4.69, 9.17) is 16.4 Å². The Bertz CT molecular complexity index is 1130. The number of urea groups is 2. The zero-order valence-corrected chi connectivity index (χ0v) is 18.8. The molecule has 11 heteroatoms. The maximum atomic E-state index is 13.6. The van der Waals surface area contributed by atoms with Gasteiger partial charge in [-0.25, -0.2) is 23.9 Å². The molecule has 2 aromatic carbocycles. The third-order valence-corrected chi connectivity index (χ3v) is 6.20. The quantitative estimate of drug-likeness (QED) is 0.554. The third kappa shape index (κ3) is 5.14. The van der Waals surface area contributed by atoms with Gasteiger partial charge in [-0.15, -0.1) is 0 Å².